The van der Waals surface area contributed by atoms with Crippen molar-refractivity contribution in [2.75, 3.05) is 52.9 Å². The fourth-order valence-electron chi connectivity index (χ4n) is 3.52. The van der Waals surface area contributed by atoms with Crippen molar-refractivity contribution in [1.29, 1.82) is 0 Å². The van der Waals surface area contributed by atoms with Crippen molar-refractivity contribution in [2.24, 2.45) is 4.99 Å². The Balaban J connectivity index is 1.42. The maximum atomic E-state index is 12.4. The SMILES string of the molecule is CN=C(NCc1ncc(C)s1)N1CCN(CC(=O)N2CCCCC2)CC1. The van der Waals surface area contributed by atoms with Crippen molar-refractivity contribution in [3.05, 3.63) is 16.1 Å². The van der Waals surface area contributed by atoms with Crippen LogP contribution in [0.2, 0.25) is 0 Å². The number of piperidine rings is 1. The summed E-state index contributed by atoms with van der Waals surface area (Å²) in [4.78, 5) is 29.0. The summed E-state index contributed by atoms with van der Waals surface area (Å²) in [5.74, 6) is 1.21. The van der Waals surface area contributed by atoms with Gasteiger partial charge in [-0.3, -0.25) is 14.7 Å². The van der Waals surface area contributed by atoms with E-state index in [2.05, 4.69) is 32.0 Å². The van der Waals surface area contributed by atoms with Crippen LogP contribution in [-0.4, -0.2) is 84.4 Å². The Kier molecular flexibility index (Phi) is 6.85. The first kappa shape index (κ1) is 19.1. The van der Waals surface area contributed by atoms with Crippen LogP contribution in [-0.2, 0) is 11.3 Å². The lowest BCUT2D eigenvalue weighted by Crippen LogP contribution is -2.54. The topological polar surface area (TPSA) is 64.1 Å². The monoisotopic (exact) mass is 378 g/mol. The van der Waals surface area contributed by atoms with Gasteiger partial charge in [-0.05, 0) is 26.2 Å². The Morgan fingerprint density at radius 2 is 1.88 bits per heavy atom. The highest BCUT2D eigenvalue weighted by molar-refractivity contribution is 7.11. The smallest absolute Gasteiger partial charge is 0.236 e. The average Bonchev–Trinajstić information content (AvgIpc) is 3.09. The van der Waals surface area contributed by atoms with Gasteiger partial charge >= 0.3 is 0 Å². The Bertz CT molecular complexity index is 617. The summed E-state index contributed by atoms with van der Waals surface area (Å²) in [6, 6.07) is 0. The molecule has 3 heterocycles. The molecular formula is C18H30N6OS. The second-order valence-electron chi connectivity index (χ2n) is 6.97. The maximum absolute atomic E-state index is 12.4. The summed E-state index contributed by atoms with van der Waals surface area (Å²) in [6.07, 6.45) is 5.47. The minimum absolute atomic E-state index is 0.291. The molecule has 1 amide bonds. The van der Waals surface area contributed by atoms with E-state index in [0.29, 0.717) is 19.0 Å². The Hall–Kier alpha value is -1.67. The van der Waals surface area contributed by atoms with E-state index in [-0.39, 0.29) is 0 Å². The minimum atomic E-state index is 0.291. The third-order valence-electron chi connectivity index (χ3n) is 5.02. The van der Waals surface area contributed by atoms with E-state index in [1.54, 1.807) is 11.3 Å². The van der Waals surface area contributed by atoms with Crippen molar-refractivity contribution in [1.82, 2.24) is 25.0 Å². The molecule has 2 fully saturated rings. The zero-order valence-electron chi connectivity index (χ0n) is 15.9. The fraction of sp³-hybridized carbons (Fsp3) is 0.722. The summed E-state index contributed by atoms with van der Waals surface area (Å²) < 4.78 is 0. The quantitative estimate of drug-likeness (QED) is 0.629. The number of carbonyl (C=O) groups excluding carboxylic acids is 1. The van der Waals surface area contributed by atoms with Crippen molar-refractivity contribution >= 4 is 23.2 Å². The first-order chi connectivity index (χ1) is 12.7. The average molecular weight is 379 g/mol. The van der Waals surface area contributed by atoms with E-state index in [9.17, 15) is 4.79 Å². The fourth-order valence-corrected chi connectivity index (χ4v) is 4.25. The molecule has 144 valence electrons. The highest BCUT2D eigenvalue weighted by Gasteiger charge is 2.24. The van der Waals surface area contributed by atoms with Crippen molar-refractivity contribution < 1.29 is 4.79 Å². The Morgan fingerprint density at radius 3 is 2.50 bits per heavy atom. The van der Waals surface area contributed by atoms with E-state index in [1.807, 2.05) is 18.1 Å². The number of rotatable bonds is 4. The van der Waals surface area contributed by atoms with Gasteiger partial charge in [0.25, 0.3) is 0 Å². The number of aryl methyl sites for hydroxylation is 1. The number of likely N-dealkylation sites (tertiary alicyclic amines) is 1. The molecule has 0 bridgehead atoms. The third kappa shape index (κ3) is 5.17. The van der Waals surface area contributed by atoms with E-state index >= 15 is 0 Å². The zero-order chi connectivity index (χ0) is 18.4. The first-order valence-electron chi connectivity index (χ1n) is 9.53. The number of hydrogen-bond acceptors (Lipinski definition) is 5. The van der Waals surface area contributed by atoms with Crippen LogP contribution in [0.15, 0.2) is 11.2 Å². The number of aliphatic imine (C=N–C) groups is 1. The molecule has 0 atom stereocenters. The van der Waals surface area contributed by atoms with Gasteiger partial charge in [-0.15, -0.1) is 11.3 Å². The number of amides is 1. The molecule has 1 aromatic heterocycles. The van der Waals surface area contributed by atoms with Crippen molar-refractivity contribution in [3.8, 4) is 0 Å². The summed E-state index contributed by atoms with van der Waals surface area (Å²) in [6.45, 7) is 8.79. The number of piperazine rings is 1. The minimum Gasteiger partial charge on any atom is -0.350 e. The molecule has 7 nitrogen and oxygen atoms in total. The van der Waals surface area contributed by atoms with Crippen LogP contribution in [0.25, 0.3) is 0 Å². The van der Waals surface area contributed by atoms with Crippen LogP contribution in [0.3, 0.4) is 0 Å². The molecule has 0 aromatic carbocycles. The molecular weight excluding hydrogens is 348 g/mol. The van der Waals surface area contributed by atoms with Crippen LogP contribution < -0.4 is 5.32 Å². The summed E-state index contributed by atoms with van der Waals surface area (Å²) in [7, 11) is 1.82. The van der Waals surface area contributed by atoms with E-state index in [0.717, 1.165) is 63.1 Å². The predicted octanol–water partition coefficient (Wildman–Crippen LogP) is 1.16. The van der Waals surface area contributed by atoms with Gasteiger partial charge in [-0.2, -0.15) is 0 Å². The molecule has 0 radical (unpaired) electrons. The molecule has 0 saturated carbocycles. The van der Waals surface area contributed by atoms with Crippen LogP contribution in [0.5, 0.6) is 0 Å². The zero-order valence-corrected chi connectivity index (χ0v) is 16.7. The van der Waals surface area contributed by atoms with E-state index < -0.39 is 0 Å². The van der Waals surface area contributed by atoms with Crippen LogP contribution in [0.1, 0.15) is 29.1 Å². The Labute approximate surface area is 160 Å². The number of guanidine groups is 1. The molecule has 0 unspecified atom stereocenters. The maximum Gasteiger partial charge on any atom is 0.236 e. The second-order valence-corrected chi connectivity index (χ2v) is 8.29. The third-order valence-corrected chi connectivity index (χ3v) is 5.93. The van der Waals surface area contributed by atoms with Crippen molar-refractivity contribution in [2.45, 2.75) is 32.7 Å². The molecule has 1 N–H and O–H groups in total. The van der Waals surface area contributed by atoms with Gasteiger partial charge in [0.15, 0.2) is 5.96 Å². The van der Waals surface area contributed by atoms with Crippen LogP contribution in [0, 0.1) is 6.92 Å². The first-order valence-corrected chi connectivity index (χ1v) is 10.3. The number of nitrogens with zero attached hydrogens (tertiary/aromatic N) is 5. The molecule has 0 aliphatic carbocycles. The van der Waals surface area contributed by atoms with E-state index in [4.69, 9.17) is 0 Å². The van der Waals surface area contributed by atoms with Gasteiger partial charge in [-0.25, -0.2) is 4.98 Å². The molecule has 1 aromatic rings. The summed E-state index contributed by atoms with van der Waals surface area (Å²) in [5, 5.41) is 4.48. The summed E-state index contributed by atoms with van der Waals surface area (Å²) in [5.41, 5.74) is 0. The van der Waals surface area contributed by atoms with Gasteiger partial charge in [0.1, 0.15) is 5.01 Å². The molecule has 2 aliphatic rings. The van der Waals surface area contributed by atoms with Gasteiger partial charge in [0.05, 0.1) is 13.1 Å². The van der Waals surface area contributed by atoms with Crippen LogP contribution in [0.4, 0.5) is 0 Å². The lowest BCUT2D eigenvalue weighted by Gasteiger charge is -2.37. The van der Waals surface area contributed by atoms with Crippen molar-refractivity contribution in [3.63, 3.8) is 0 Å². The van der Waals surface area contributed by atoms with Crippen LogP contribution >= 0.6 is 11.3 Å². The normalized spacial score (nSPS) is 19.7. The molecule has 2 saturated heterocycles. The van der Waals surface area contributed by atoms with Gasteiger partial charge in [0.2, 0.25) is 5.91 Å². The molecule has 3 rings (SSSR count). The van der Waals surface area contributed by atoms with Gasteiger partial charge in [-0.1, -0.05) is 0 Å². The predicted molar refractivity (Wildman–Crippen MR) is 105 cm³/mol. The molecule has 8 heteroatoms. The second kappa shape index (κ2) is 9.32. The lowest BCUT2D eigenvalue weighted by atomic mass is 10.1. The largest absolute Gasteiger partial charge is 0.350 e. The highest BCUT2D eigenvalue weighted by atomic mass is 32.1. The number of carbonyl (C=O) groups is 1. The number of aromatic nitrogens is 1. The van der Waals surface area contributed by atoms with E-state index in [1.165, 1.54) is 11.3 Å². The Morgan fingerprint density at radius 1 is 1.15 bits per heavy atom. The highest BCUT2D eigenvalue weighted by Crippen LogP contribution is 2.12. The van der Waals surface area contributed by atoms with Gasteiger partial charge < -0.3 is 15.1 Å². The van der Waals surface area contributed by atoms with Gasteiger partial charge in [0, 0.05) is 57.4 Å². The standard InChI is InChI=1S/C18H30N6OS/c1-15-12-20-16(26-15)13-21-18(19-2)24-10-8-22(9-11-24)14-17(25)23-6-4-3-5-7-23/h12H,3-11,13-14H2,1-2H3,(H,19,21). The number of thiazole rings is 1. The number of nitrogens with one attached hydrogen (secondary N) is 1. The molecule has 26 heavy (non-hydrogen) atoms. The summed E-state index contributed by atoms with van der Waals surface area (Å²) >= 11 is 1.71. The molecule has 0 spiro atoms. The molecule has 2 aliphatic heterocycles. The number of hydrogen-bond donors (Lipinski definition) is 1. The lowest BCUT2D eigenvalue weighted by molar-refractivity contribution is -0.133.